The zero-order valence-corrected chi connectivity index (χ0v) is 7.60. The van der Waals surface area contributed by atoms with Crippen molar-refractivity contribution in [3.8, 4) is 0 Å². The molecule has 0 saturated carbocycles. The molecule has 0 spiro atoms. The molecule has 1 unspecified atom stereocenters. The Labute approximate surface area is 72.6 Å². The molecule has 4 nitrogen and oxygen atoms in total. The van der Waals surface area contributed by atoms with Gasteiger partial charge in [-0.1, -0.05) is 13.3 Å². The summed E-state index contributed by atoms with van der Waals surface area (Å²) in [6, 6.07) is 0. The first-order valence-electron chi connectivity index (χ1n) is 4.30. The molecule has 0 aromatic carbocycles. The van der Waals surface area contributed by atoms with Gasteiger partial charge >= 0.3 is 0 Å². The van der Waals surface area contributed by atoms with Gasteiger partial charge in [0.05, 0.1) is 0 Å². The number of unbranched alkanes of at least 4 members (excludes halogenated alkanes) is 1. The average molecular weight is 169 g/mol. The van der Waals surface area contributed by atoms with Crippen LogP contribution in [0, 0.1) is 0 Å². The van der Waals surface area contributed by atoms with Crippen LogP contribution >= 0.6 is 0 Å². The van der Waals surface area contributed by atoms with E-state index in [1.807, 2.05) is 6.92 Å². The third kappa shape index (κ3) is 2.62. The van der Waals surface area contributed by atoms with Crippen molar-refractivity contribution in [2.45, 2.75) is 32.9 Å². The van der Waals surface area contributed by atoms with E-state index in [1.54, 1.807) is 11.0 Å². The zero-order chi connectivity index (χ0) is 8.81. The first-order chi connectivity index (χ1) is 5.84. The van der Waals surface area contributed by atoms with Gasteiger partial charge in [0, 0.05) is 6.61 Å². The molecule has 1 rings (SSSR count). The Morgan fingerprint density at radius 2 is 2.42 bits per heavy atom. The van der Waals surface area contributed by atoms with Crippen molar-refractivity contribution >= 4 is 0 Å². The fourth-order valence-corrected chi connectivity index (χ4v) is 0.880. The summed E-state index contributed by atoms with van der Waals surface area (Å²) >= 11 is 0. The van der Waals surface area contributed by atoms with Crippen molar-refractivity contribution in [1.82, 2.24) is 14.8 Å². The van der Waals surface area contributed by atoms with Crippen molar-refractivity contribution in [1.29, 1.82) is 0 Å². The van der Waals surface area contributed by atoms with Crippen LogP contribution < -0.4 is 0 Å². The number of rotatable bonds is 5. The van der Waals surface area contributed by atoms with Crippen LogP contribution in [-0.2, 0) is 4.74 Å². The van der Waals surface area contributed by atoms with Crippen molar-refractivity contribution < 1.29 is 4.74 Å². The molecule has 1 aromatic rings. The first-order valence-corrected chi connectivity index (χ1v) is 4.30. The number of hydrogen-bond acceptors (Lipinski definition) is 3. The molecule has 68 valence electrons. The monoisotopic (exact) mass is 169 g/mol. The van der Waals surface area contributed by atoms with E-state index < -0.39 is 0 Å². The summed E-state index contributed by atoms with van der Waals surface area (Å²) < 4.78 is 7.19. The van der Waals surface area contributed by atoms with Crippen molar-refractivity contribution in [3.05, 3.63) is 12.7 Å². The van der Waals surface area contributed by atoms with Gasteiger partial charge in [-0.2, -0.15) is 5.10 Å². The number of ether oxygens (including phenoxy) is 1. The Morgan fingerprint density at radius 3 is 3.00 bits per heavy atom. The molecule has 12 heavy (non-hydrogen) atoms. The summed E-state index contributed by atoms with van der Waals surface area (Å²) in [5.74, 6) is 0. The number of hydrogen-bond donors (Lipinski definition) is 0. The quantitative estimate of drug-likeness (QED) is 0.629. The first kappa shape index (κ1) is 9.19. The van der Waals surface area contributed by atoms with Gasteiger partial charge in [-0.15, -0.1) is 0 Å². The highest BCUT2D eigenvalue weighted by Gasteiger charge is 2.02. The van der Waals surface area contributed by atoms with E-state index in [4.69, 9.17) is 4.74 Å². The molecule has 0 amide bonds. The van der Waals surface area contributed by atoms with E-state index in [0.29, 0.717) is 0 Å². The standard InChI is InChI=1S/C8H15N3O/c1-3-4-5-12-8(2)11-7-9-6-10-11/h6-8H,3-5H2,1-2H3. The summed E-state index contributed by atoms with van der Waals surface area (Å²) in [6.45, 7) is 4.89. The van der Waals surface area contributed by atoms with Gasteiger partial charge in [0.1, 0.15) is 18.9 Å². The SMILES string of the molecule is CCCCOC(C)n1cncn1. The van der Waals surface area contributed by atoms with E-state index in [1.165, 1.54) is 6.33 Å². The van der Waals surface area contributed by atoms with Crippen LogP contribution in [0.4, 0.5) is 0 Å². The van der Waals surface area contributed by atoms with Gasteiger partial charge in [0.15, 0.2) is 0 Å². The van der Waals surface area contributed by atoms with E-state index in [-0.39, 0.29) is 6.23 Å². The molecule has 1 aromatic heterocycles. The molecule has 0 aliphatic heterocycles. The molecule has 0 N–H and O–H groups in total. The molecule has 1 heterocycles. The summed E-state index contributed by atoms with van der Waals surface area (Å²) in [5, 5.41) is 3.98. The molecular weight excluding hydrogens is 154 g/mol. The highest BCUT2D eigenvalue weighted by molar-refractivity contribution is 4.58. The highest BCUT2D eigenvalue weighted by atomic mass is 16.5. The second-order valence-electron chi connectivity index (χ2n) is 2.70. The molecule has 0 radical (unpaired) electrons. The largest absolute Gasteiger partial charge is 0.357 e. The molecule has 4 heteroatoms. The summed E-state index contributed by atoms with van der Waals surface area (Å²) in [5.41, 5.74) is 0. The number of aromatic nitrogens is 3. The van der Waals surface area contributed by atoms with Crippen LogP contribution in [0.25, 0.3) is 0 Å². The summed E-state index contributed by atoms with van der Waals surface area (Å²) in [7, 11) is 0. The second kappa shape index (κ2) is 4.87. The lowest BCUT2D eigenvalue weighted by Gasteiger charge is -2.11. The van der Waals surface area contributed by atoms with E-state index in [2.05, 4.69) is 17.0 Å². The zero-order valence-electron chi connectivity index (χ0n) is 7.60. The Morgan fingerprint density at radius 1 is 1.58 bits per heavy atom. The number of nitrogens with zero attached hydrogens (tertiary/aromatic N) is 3. The lowest BCUT2D eigenvalue weighted by molar-refractivity contribution is 0.00616. The minimum absolute atomic E-state index is 0.000880. The summed E-state index contributed by atoms with van der Waals surface area (Å²) in [6.07, 6.45) is 5.43. The van der Waals surface area contributed by atoms with Crippen LogP contribution in [0.3, 0.4) is 0 Å². The van der Waals surface area contributed by atoms with Crippen molar-refractivity contribution in [3.63, 3.8) is 0 Å². The average Bonchev–Trinajstić information content (AvgIpc) is 2.56. The Hall–Kier alpha value is -0.900. The van der Waals surface area contributed by atoms with E-state index in [0.717, 1.165) is 19.4 Å². The van der Waals surface area contributed by atoms with Crippen LogP contribution in [0.15, 0.2) is 12.7 Å². The van der Waals surface area contributed by atoms with Crippen molar-refractivity contribution in [2.24, 2.45) is 0 Å². The lowest BCUT2D eigenvalue weighted by Crippen LogP contribution is -2.10. The maximum atomic E-state index is 5.49. The Kier molecular flexibility index (Phi) is 3.73. The Bertz CT molecular complexity index is 198. The third-order valence-corrected chi connectivity index (χ3v) is 1.67. The third-order valence-electron chi connectivity index (χ3n) is 1.67. The highest BCUT2D eigenvalue weighted by Crippen LogP contribution is 2.04. The minimum Gasteiger partial charge on any atom is -0.357 e. The van der Waals surface area contributed by atoms with Gasteiger partial charge in [0.25, 0.3) is 0 Å². The smallest absolute Gasteiger partial charge is 0.149 e. The molecule has 0 aliphatic carbocycles. The maximum absolute atomic E-state index is 5.49. The van der Waals surface area contributed by atoms with Crippen LogP contribution in [0.2, 0.25) is 0 Å². The van der Waals surface area contributed by atoms with Crippen molar-refractivity contribution in [2.75, 3.05) is 6.61 Å². The van der Waals surface area contributed by atoms with Crippen LogP contribution in [-0.4, -0.2) is 21.4 Å². The minimum atomic E-state index is -0.000880. The van der Waals surface area contributed by atoms with Gasteiger partial charge in [-0.25, -0.2) is 9.67 Å². The fourth-order valence-electron chi connectivity index (χ4n) is 0.880. The molecule has 1 atom stereocenters. The van der Waals surface area contributed by atoms with Gasteiger partial charge in [-0.3, -0.25) is 0 Å². The Balaban J connectivity index is 2.25. The van der Waals surface area contributed by atoms with Crippen LogP contribution in [0.5, 0.6) is 0 Å². The lowest BCUT2D eigenvalue weighted by atomic mass is 10.4. The predicted octanol–water partition coefficient (Wildman–Crippen LogP) is 1.61. The molecule has 0 bridgehead atoms. The fraction of sp³-hybridized carbons (Fsp3) is 0.750. The molecular formula is C8H15N3O. The van der Waals surface area contributed by atoms with E-state index >= 15 is 0 Å². The molecule has 0 saturated heterocycles. The topological polar surface area (TPSA) is 39.9 Å². The summed E-state index contributed by atoms with van der Waals surface area (Å²) in [4.78, 5) is 3.84. The normalized spacial score (nSPS) is 13.2. The molecule has 0 aliphatic rings. The van der Waals surface area contributed by atoms with Gasteiger partial charge < -0.3 is 4.74 Å². The predicted molar refractivity (Wildman–Crippen MR) is 45.6 cm³/mol. The van der Waals surface area contributed by atoms with E-state index in [9.17, 15) is 0 Å². The van der Waals surface area contributed by atoms with Gasteiger partial charge in [-0.05, 0) is 13.3 Å². The van der Waals surface area contributed by atoms with Gasteiger partial charge in [0.2, 0.25) is 0 Å². The van der Waals surface area contributed by atoms with Crippen LogP contribution in [0.1, 0.15) is 32.9 Å². The maximum Gasteiger partial charge on any atom is 0.149 e. The second-order valence-corrected chi connectivity index (χ2v) is 2.70. The molecule has 0 fully saturated rings.